The third-order valence-electron chi connectivity index (χ3n) is 4.88. The first-order valence-electron chi connectivity index (χ1n) is 9.11. The molecule has 0 unspecified atom stereocenters. The van der Waals surface area contributed by atoms with Gasteiger partial charge in [0.15, 0.2) is 5.65 Å². The molecule has 3 aromatic heterocycles. The summed E-state index contributed by atoms with van der Waals surface area (Å²) in [6.45, 7) is 1.46. The maximum atomic E-state index is 12.1. The molecule has 28 heavy (non-hydrogen) atoms. The Hall–Kier alpha value is -3.64. The molecule has 0 bridgehead atoms. The second kappa shape index (κ2) is 6.83. The number of nitrogens with one attached hydrogen (secondary N) is 2. The van der Waals surface area contributed by atoms with E-state index in [-0.39, 0.29) is 5.69 Å². The van der Waals surface area contributed by atoms with Gasteiger partial charge >= 0.3 is 5.69 Å². The largest absolute Gasteiger partial charge is 0.468 e. The average molecular weight is 370 g/mol. The molecule has 2 N–H and O–H groups in total. The molecule has 0 spiro atoms. The predicted octanol–water partition coefficient (Wildman–Crippen LogP) is 3.73. The first-order chi connectivity index (χ1) is 13.8. The summed E-state index contributed by atoms with van der Waals surface area (Å²) < 4.78 is 6.93. The van der Waals surface area contributed by atoms with Gasteiger partial charge in [-0.1, -0.05) is 42.5 Å². The highest BCUT2D eigenvalue weighted by atomic mass is 16.3. The second-order valence-corrected chi connectivity index (χ2v) is 6.68. The van der Waals surface area contributed by atoms with Crippen LogP contribution in [0.5, 0.6) is 0 Å². The monoisotopic (exact) mass is 370 g/mol. The molecule has 5 aromatic rings. The highest BCUT2D eigenvalue weighted by Crippen LogP contribution is 2.29. The van der Waals surface area contributed by atoms with Gasteiger partial charge in [0, 0.05) is 11.9 Å². The molecule has 5 rings (SSSR count). The van der Waals surface area contributed by atoms with E-state index in [0.717, 1.165) is 34.3 Å². The van der Waals surface area contributed by atoms with Crippen molar-refractivity contribution < 1.29 is 4.42 Å². The van der Waals surface area contributed by atoms with Crippen molar-refractivity contribution in [3.63, 3.8) is 0 Å². The molecule has 0 amide bonds. The highest BCUT2D eigenvalue weighted by molar-refractivity contribution is 5.97. The van der Waals surface area contributed by atoms with Gasteiger partial charge in [0.2, 0.25) is 0 Å². The summed E-state index contributed by atoms with van der Waals surface area (Å²) in [6, 6.07) is 22.1. The lowest BCUT2D eigenvalue weighted by Crippen LogP contribution is -2.12. The summed E-state index contributed by atoms with van der Waals surface area (Å²) in [5, 5.41) is 11.1. The predicted molar refractivity (Wildman–Crippen MR) is 108 cm³/mol. The zero-order valence-electron chi connectivity index (χ0n) is 15.1. The molecule has 0 radical (unpaired) electrons. The topological polar surface area (TPSA) is 75.3 Å². The summed E-state index contributed by atoms with van der Waals surface area (Å²) in [7, 11) is 0. The number of rotatable bonds is 5. The smallest absolute Gasteiger partial charge is 0.348 e. The van der Waals surface area contributed by atoms with Gasteiger partial charge in [-0.05, 0) is 41.0 Å². The van der Waals surface area contributed by atoms with Crippen LogP contribution in [0, 0.1) is 0 Å². The van der Waals surface area contributed by atoms with Gasteiger partial charge in [-0.15, -0.1) is 0 Å². The van der Waals surface area contributed by atoms with Crippen molar-refractivity contribution in [3.8, 4) is 11.1 Å². The Balaban J connectivity index is 1.47. The van der Waals surface area contributed by atoms with Crippen molar-refractivity contribution in [2.75, 3.05) is 0 Å². The van der Waals surface area contributed by atoms with Gasteiger partial charge in [0.05, 0.1) is 18.3 Å². The van der Waals surface area contributed by atoms with Gasteiger partial charge < -0.3 is 9.73 Å². The summed E-state index contributed by atoms with van der Waals surface area (Å²) >= 11 is 0. The Morgan fingerprint density at radius 1 is 1.00 bits per heavy atom. The third-order valence-corrected chi connectivity index (χ3v) is 4.88. The lowest BCUT2D eigenvalue weighted by Gasteiger charge is -2.10. The Labute approximate surface area is 160 Å². The number of aromatic nitrogens is 3. The number of aromatic amines is 1. The molecule has 0 aliphatic heterocycles. The summed E-state index contributed by atoms with van der Waals surface area (Å²) in [6.07, 6.45) is 1.68. The maximum absolute atomic E-state index is 12.1. The zero-order valence-corrected chi connectivity index (χ0v) is 15.1. The Bertz CT molecular complexity index is 1300. The average Bonchev–Trinajstić information content (AvgIpc) is 3.38. The van der Waals surface area contributed by atoms with E-state index in [0.29, 0.717) is 12.2 Å². The lowest BCUT2D eigenvalue weighted by atomic mass is 10.00. The Morgan fingerprint density at radius 3 is 2.68 bits per heavy atom. The van der Waals surface area contributed by atoms with Crippen LogP contribution >= 0.6 is 0 Å². The van der Waals surface area contributed by atoms with Crippen LogP contribution in [0.15, 0.2) is 82.2 Å². The number of hydrogen-bond acceptors (Lipinski definition) is 4. The summed E-state index contributed by atoms with van der Waals surface area (Å²) in [4.78, 5) is 12.1. The molecule has 0 aliphatic rings. The minimum atomic E-state index is -0.226. The number of benzene rings is 2. The van der Waals surface area contributed by atoms with E-state index in [1.54, 1.807) is 10.7 Å². The molecular weight excluding hydrogens is 352 g/mol. The van der Waals surface area contributed by atoms with Crippen molar-refractivity contribution in [2.45, 2.75) is 13.1 Å². The first kappa shape index (κ1) is 16.5. The molecule has 0 saturated heterocycles. The summed E-state index contributed by atoms with van der Waals surface area (Å²) in [5.41, 5.74) is 4.56. The molecule has 0 atom stereocenters. The van der Waals surface area contributed by atoms with Gasteiger partial charge in [0.25, 0.3) is 0 Å². The number of pyridine rings is 1. The molecule has 0 fully saturated rings. The van der Waals surface area contributed by atoms with Crippen LogP contribution in [0.4, 0.5) is 0 Å². The highest BCUT2D eigenvalue weighted by Gasteiger charge is 2.11. The zero-order chi connectivity index (χ0) is 18.9. The molecule has 138 valence electrons. The molecule has 2 aromatic carbocycles. The number of para-hydroxylation sites is 1. The van der Waals surface area contributed by atoms with E-state index >= 15 is 0 Å². The van der Waals surface area contributed by atoms with E-state index in [1.807, 2.05) is 42.5 Å². The van der Waals surface area contributed by atoms with Gasteiger partial charge in [-0.25, -0.2) is 14.3 Å². The maximum Gasteiger partial charge on any atom is 0.348 e. The van der Waals surface area contributed by atoms with Crippen LogP contribution < -0.4 is 11.0 Å². The van der Waals surface area contributed by atoms with Gasteiger partial charge in [-0.2, -0.15) is 5.10 Å². The van der Waals surface area contributed by atoms with Crippen LogP contribution in [0.3, 0.4) is 0 Å². The fraction of sp³-hybridized carbons (Fsp3) is 0.0909. The number of fused-ring (bicyclic) bond motifs is 3. The lowest BCUT2D eigenvalue weighted by molar-refractivity contribution is 0.483. The molecule has 6 heteroatoms. The quantitative estimate of drug-likeness (QED) is 0.494. The molecule has 6 nitrogen and oxygen atoms in total. The minimum Gasteiger partial charge on any atom is -0.468 e. The van der Waals surface area contributed by atoms with Gasteiger partial charge in [0.1, 0.15) is 5.76 Å². The Kier molecular flexibility index (Phi) is 4.03. The third kappa shape index (κ3) is 2.90. The number of furan rings is 1. The van der Waals surface area contributed by atoms with Crippen LogP contribution in [-0.2, 0) is 13.1 Å². The van der Waals surface area contributed by atoms with Crippen molar-refractivity contribution in [3.05, 3.63) is 94.8 Å². The van der Waals surface area contributed by atoms with Crippen molar-refractivity contribution in [1.82, 2.24) is 19.9 Å². The van der Waals surface area contributed by atoms with E-state index < -0.39 is 0 Å². The molecular formula is C22H18N4O2. The Morgan fingerprint density at radius 2 is 1.86 bits per heavy atom. The number of H-pyrrole nitrogens is 1. The van der Waals surface area contributed by atoms with E-state index in [1.165, 1.54) is 5.56 Å². The standard InChI is InChI=1S/C22H18N4O2/c27-22-25-24-21-12-19(18-5-1-2-6-20(18)26(21)22)16-9-7-15(8-10-16)13-23-14-17-4-3-11-28-17/h1-12,23H,13-14H2,(H,25,27). The normalized spacial score (nSPS) is 11.4. The second-order valence-electron chi connectivity index (χ2n) is 6.68. The van der Waals surface area contributed by atoms with Crippen molar-refractivity contribution in [2.24, 2.45) is 0 Å². The molecule has 3 heterocycles. The fourth-order valence-electron chi connectivity index (χ4n) is 3.53. The van der Waals surface area contributed by atoms with E-state index in [2.05, 4.69) is 39.8 Å². The van der Waals surface area contributed by atoms with E-state index in [4.69, 9.17) is 4.42 Å². The van der Waals surface area contributed by atoms with Crippen molar-refractivity contribution in [1.29, 1.82) is 0 Å². The molecule has 0 aliphatic carbocycles. The summed E-state index contributed by atoms with van der Waals surface area (Å²) in [5.74, 6) is 0.922. The SMILES string of the molecule is O=c1[nH]nc2cc(-c3ccc(CNCc4ccco4)cc3)c3ccccc3n12. The van der Waals surface area contributed by atoms with Crippen LogP contribution in [0.2, 0.25) is 0 Å². The first-order valence-corrected chi connectivity index (χ1v) is 9.11. The van der Waals surface area contributed by atoms with Crippen LogP contribution in [0.25, 0.3) is 27.7 Å². The van der Waals surface area contributed by atoms with Crippen molar-refractivity contribution >= 4 is 16.6 Å². The van der Waals surface area contributed by atoms with Crippen LogP contribution in [-0.4, -0.2) is 14.6 Å². The number of nitrogens with zero attached hydrogens (tertiary/aromatic N) is 2. The van der Waals surface area contributed by atoms with Gasteiger partial charge in [-0.3, -0.25) is 0 Å². The molecule has 0 saturated carbocycles. The van der Waals surface area contributed by atoms with E-state index in [9.17, 15) is 4.79 Å². The van der Waals surface area contributed by atoms with Crippen LogP contribution in [0.1, 0.15) is 11.3 Å². The fourth-order valence-corrected chi connectivity index (χ4v) is 3.53. The number of hydrogen-bond donors (Lipinski definition) is 2. The minimum absolute atomic E-state index is 0.226.